The molecule has 8 nitrogen and oxygen atoms in total. The molecule has 9 heteroatoms. The lowest BCUT2D eigenvalue weighted by Crippen LogP contribution is -2.46. The van der Waals surface area contributed by atoms with Gasteiger partial charge in [-0.05, 0) is 57.8 Å². The van der Waals surface area contributed by atoms with E-state index in [1.165, 1.54) is 244 Å². The van der Waals surface area contributed by atoms with Crippen molar-refractivity contribution < 1.29 is 32.9 Å². The quantitative estimate of drug-likeness (QED) is 0.0243. The highest BCUT2D eigenvalue weighted by Gasteiger charge is 2.28. The van der Waals surface area contributed by atoms with E-state index in [4.69, 9.17) is 9.05 Å². The number of carbonyl (C=O) groups excluding carboxylic acids is 1. The van der Waals surface area contributed by atoms with Crippen LogP contribution in [0.2, 0.25) is 0 Å². The fourth-order valence-corrected chi connectivity index (χ4v) is 11.3. The van der Waals surface area contributed by atoms with Gasteiger partial charge in [-0.3, -0.25) is 13.8 Å². The highest BCUT2D eigenvalue weighted by atomic mass is 31.2. The van der Waals surface area contributed by atoms with Gasteiger partial charge < -0.3 is 19.8 Å². The number of nitrogens with zero attached hydrogens (tertiary/aromatic N) is 1. The van der Waals surface area contributed by atoms with Crippen LogP contribution in [0, 0.1) is 0 Å². The molecule has 0 aromatic rings. The predicted octanol–water partition coefficient (Wildman–Crippen LogP) is 22.4. The zero-order valence-corrected chi connectivity index (χ0v) is 55.4. The largest absolute Gasteiger partial charge is 0.472 e. The lowest BCUT2D eigenvalue weighted by molar-refractivity contribution is -0.870. The van der Waals surface area contributed by atoms with Crippen molar-refractivity contribution in [1.82, 2.24) is 5.32 Å². The van der Waals surface area contributed by atoms with Crippen LogP contribution in [0.5, 0.6) is 0 Å². The topological polar surface area (TPSA) is 105 Å². The number of rotatable bonds is 65. The van der Waals surface area contributed by atoms with Crippen LogP contribution in [0.15, 0.2) is 60.8 Å². The summed E-state index contributed by atoms with van der Waals surface area (Å²) in [6.45, 7) is 4.82. The second-order valence-electron chi connectivity index (χ2n) is 25.2. The van der Waals surface area contributed by atoms with E-state index in [2.05, 4.69) is 79.9 Å². The van der Waals surface area contributed by atoms with Gasteiger partial charge in [-0.2, -0.15) is 0 Å². The van der Waals surface area contributed by atoms with Gasteiger partial charge in [0.25, 0.3) is 0 Å². The van der Waals surface area contributed by atoms with Crippen molar-refractivity contribution in [3.8, 4) is 0 Å². The fourth-order valence-electron chi connectivity index (χ4n) is 10.6. The number of allylic oxidation sites excluding steroid dienone is 10. The minimum atomic E-state index is -4.33. The van der Waals surface area contributed by atoms with E-state index in [0.717, 1.165) is 70.6 Å². The maximum absolute atomic E-state index is 13.1. The van der Waals surface area contributed by atoms with Crippen LogP contribution in [0.4, 0.5) is 0 Å². The number of likely N-dealkylation sites (N-methyl/N-ethyl adjacent to an activating group) is 1. The lowest BCUT2D eigenvalue weighted by Gasteiger charge is -2.26. The monoisotopic (exact) mass is 1160 g/mol. The first kappa shape index (κ1) is 79.2. The van der Waals surface area contributed by atoms with Crippen molar-refractivity contribution in [3.63, 3.8) is 0 Å². The number of hydrogen-bond acceptors (Lipinski definition) is 5. The number of quaternary nitrogens is 1. The summed E-state index contributed by atoms with van der Waals surface area (Å²) in [6, 6.07) is -0.764. The third-order valence-corrected chi connectivity index (χ3v) is 17.0. The van der Waals surface area contributed by atoms with Crippen LogP contribution in [0.1, 0.15) is 341 Å². The standard InChI is InChI=1S/C72H137N2O6P/c1-6-8-10-12-14-16-18-20-22-24-26-28-30-32-34-36-37-38-40-42-44-46-48-50-52-54-56-58-60-62-64-66-72(76)73-70(69-80-81(77,78)79-68-67-74(3,4)5)71(75)65-63-61-59-57-55-53-51-49-47-45-43-41-39-35-33-31-29-27-25-23-21-19-17-15-13-11-9-7-2/h8,10,14,16,20,22,26,28,32,34,70-71,75H,6-7,9,11-13,15,17-19,21,23-25,27,29-31,33,35-69H2,1-5H3,(H-,73,76,77,78)/p+1/b10-8-,16-14-,22-20-,28-26-,34-32-. The molecule has 0 radical (unpaired) electrons. The molecule has 3 atom stereocenters. The third kappa shape index (κ3) is 65.6. The van der Waals surface area contributed by atoms with Crippen molar-refractivity contribution in [1.29, 1.82) is 0 Å². The number of nitrogens with one attached hydrogen (secondary N) is 1. The molecule has 0 spiro atoms. The smallest absolute Gasteiger partial charge is 0.391 e. The van der Waals surface area contributed by atoms with Crippen LogP contribution in [-0.4, -0.2) is 73.4 Å². The van der Waals surface area contributed by atoms with E-state index in [1.807, 2.05) is 21.1 Å². The van der Waals surface area contributed by atoms with Crippen LogP contribution < -0.4 is 5.32 Å². The van der Waals surface area contributed by atoms with Crippen molar-refractivity contribution in [2.24, 2.45) is 0 Å². The highest BCUT2D eigenvalue weighted by Crippen LogP contribution is 2.43. The van der Waals surface area contributed by atoms with Gasteiger partial charge in [0.1, 0.15) is 13.2 Å². The van der Waals surface area contributed by atoms with Crippen LogP contribution in [-0.2, 0) is 18.4 Å². The molecular formula is C72H138N2O6P+. The molecule has 0 fully saturated rings. The van der Waals surface area contributed by atoms with Crippen molar-refractivity contribution in [3.05, 3.63) is 60.8 Å². The van der Waals surface area contributed by atoms with Crippen molar-refractivity contribution >= 4 is 13.7 Å². The van der Waals surface area contributed by atoms with Gasteiger partial charge in [-0.25, -0.2) is 4.57 Å². The first-order valence-electron chi connectivity index (χ1n) is 35.2. The van der Waals surface area contributed by atoms with Gasteiger partial charge >= 0.3 is 7.82 Å². The fraction of sp³-hybridized carbons (Fsp3) is 0.847. The second kappa shape index (κ2) is 62.7. The number of phosphoric acid groups is 1. The van der Waals surface area contributed by atoms with E-state index in [-0.39, 0.29) is 19.1 Å². The Morgan fingerprint density at radius 2 is 0.741 bits per heavy atom. The number of amides is 1. The molecule has 0 heterocycles. The van der Waals surface area contributed by atoms with Gasteiger partial charge in [-0.1, -0.05) is 338 Å². The molecular weight excluding hydrogens is 1020 g/mol. The summed E-state index contributed by atoms with van der Waals surface area (Å²) in [7, 11) is 1.63. The van der Waals surface area contributed by atoms with Crippen LogP contribution in [0.25, 0.3) is 0 Å². The van der Waals surface area contributed by atoms with Gasteiger partial charge in [-0.15, -0.1) is 0 Å². The van der Waals surface area contributed by atoms with Crippen LogP contribution in [0.3, 0.4) is 0 Å². The molecule has 0 aliphatic rings. The predicted molar refractivity (Wildman–Crippen MR) is 355 cm³/mol. The zero-order valence-electron chi connectivity index (χ0n) is 54.5. The second-order valence-corrected chi connectivity index (χ2v) is 26.7. The average Bonchev–Trinajstić information content (AvgIpc) is 3.43. The minimum Gasteiger partial charge on any atom is -0.391 e. The Balaban J connectivity index is 4.03. The molecule has 0 rings (SSSR count). The normalized spacial score (nSPS) is 14.0. The summed E-state index contributed by atoms with van der Waals surface area (Å²) in [6.07, 6.45) is 86.1. The number of aliphatic hydroxyl groups is 1. The molecule has 0 aliphatic carbocycles. The minimum absolute atomic E-state index is 0.0746. The Labute approximate surface area is 504 Å². The van der Waals surface area contributed by atoms with E-state index >= 15 is 0 Å². The summed E-state index contributed by atoms with van der Waals surface area (Å²) in [5.41, 5.74) is 0. The summed E-state index contributed by atoms with van der Waals surface area (Å²) in [5.74, 6) is -0.141. The number of carbonyl (C=O) groups is 1. The molecule has 0 aromatic heterocycles. The number of hydrogen-bond donors (Lipinski definition) is 3. The molecule has 0 saturated heterocycles. The Kier molecular flexibility index (Phi) is 61.3. The van der Waals surface area contributed by atoms with Crippen LogP contribution >= 0.6 is 7.82 Å². The summed E-state index contributed by atoms with van der Waals surface area (Å²) in [5, 5.41) is 14.2. The molecule has 0 aromatic carbocycles. The summed E-state index contributed by atoms with van der Waals surface area (Å²) in [4.78, 5) is 23.5. The van der Waals surface area contributed by atoms with Gasteiger partial charge in [0.15, 0.2) is 0 Å². The summed E-state index contributed by atoms with van der Waals surface area (Å²) >= 11 is 0. The number of unbranched alkanes of at least 4 members (excludes halogenated alkanes) is 42. The van der Waals surface area contributed by atoms with E-state index in [9.17, 15) is 19.4 Å². The Hall–Kier alpha value is -1.80. The number of phosphoric ester groups is 1. The van der Waals surface area contributed by atoms with Gasteiger partial charge in [0.2, 0.25) is 5.91 Å². The van der Waals surface area contributed by atoms with Crippen molar-refractivity contribution in [2.45, 2.75) is 353 Å². The average molecular weight is 1160 g/mol. The number of aliphatic hydroxyl groups excluding tert-OH is 1. The molecule has 81 heavy (non-hydrogen) atoms. The lowest BCUT2D eigenvalue weighted by atomic mass is 10.0. The Bertz CT molecular complexity index is 1500. The third-order valence-electron chi connectivity index (χ3n) is 16.0. The highest BCUT2D eigenvalue weighted by molar-refractivity contribution is 7.47. The zero-order chi connectivity index (χ0) is 59.1. The molecule has 476 valence electrons. The summed E-state index contributed by atoms with van der Waals surface area (Å²) < 4.78 is 23.9. The maximum atomic E-state index is 13.1. The van der Waals surface area contributed by atoms with Crippen molar-refractivity contribution in [2.75, 3.05) is 40.9 Å². The maximum Gasteiger partial charge on any atom is 0.472 e. The molecule has 0 aliphatic heterocycles. The van der Waals surface area contributed by atoms with E-state index in [1.54, 1.807) is 0 Å². The first-order valence-corrected chi connectivity index (χ1v) is 36.6. The SMILES string of the molecule is CC/C=C\C/C=C\C/C=C\C/C=C\C/C=C\CCCCCCCCCCCCCCCCCC(=O)NC(COP(=O)(O)OCC[N+](C)(C)C)C(O)CCCCCCCCCCCCCCCCCCCCCCCCCCCCCC. The molecule has 3 unspecified atom stereocenters. The molecule has 0 saturated carbocycles. The first-order chi connectivity index (χ1) is 39.5. The molecule has 3 N–H and O–H groups in total. The Morgan fingerprint density at radius 1 is 0.432 bits per heavy atom. The van der Waals surface area contributed by atoms with E-state index < -0.39 is 20.0 Å². The molecule has 1 amide bonds. The molecule has 0 bridgehead atoms. The Morgan fingerprint density at radius 3 is 1.09 bits per heavy atom. The van der Waals surface area contributed by atoms with Gasteiger partial charge in [0.05, 0.1) is 39.9 Å². The van der Waals surface area contributed by atoms with E-state index in [0.29, 0.717) is 23.9 Å². The van der Waals surface area contributed by atoms with Gasteiger partial charge in [0, 0.05) is 6.42 Å².